The Morgan fingerprint density at radius 1 is 1.32 bits per heavy atom. The van der Waals surface area contributed by atoms with Gasteiger partial charge in [0, 0.05) is 36.2 Å². The molecule has 0 radical (unpaired) electrons. The molecule has 25 heavy (non-hydrogen) atoms. The second-order valence-corrected chi connectivity index (χ2v) is 6.53. The van der Waals surface area contributed by atoms with Gasteiger partial charge in [-0.15, -0.1) is 24.0 Å². The van der Waals surface area contributed by atoms with Crippen molar-refractivity contribution in [3.63, 3.8) is 0 Å². The van der Waals surface area contributed by atoms with E-state index in [1.807, 2.05) is 0 Å². The van der Waals surface area contributed by atoms with E-state index in [1.54, 1.807) is 0 Å². The normalized spacial score (nSPS) is 18.3. The van der Waals surface area contributed by atoms with Crippen LogP contribution in [0.15, 0.2) is 35.5 Å². The molecule has 0 saturated carbocycles. The zero-order valence-corrected chi connectivity index (χ0v) is 17.5. The Kier molecular flexibility index (Phi) is 8.02. The summed E-state index contributed by atoms with van der Waals surface area (Å²) in [6, 6.07) is 9.05. The molecule has 0 aliphatic carbocycles. The first kappa shape index (κ1) is 20.0. The number of para-hydroxylation sites is 1. The molecule has 1 unspecified atom stereocenters. The Labute approximate surface area is 167 Å². The van der Waals surface area contributed by atoms with Crippen molar-refractivity contribution in [3.8, 4) is 0 Å². The van der Waals surface area contributed by atoms with Gasteiger partial charge in [-0.25, -0.2) is 0 Å². The molecule has 0 amide bonds. The number of hydrogen-bond acceptors (Lipinski definition) is 2. The summed E-state index contributed by atoms with van der Waals surface area (Å²) in [5.74, 6) is 0.928. The summed E-state index contributed by atoms with van der Waals surface area (Å²) < 4.78 is 0. The van der Waals surface area contributed by atoms with Crippen LogP contribution in [0.4, 0.5) is 0 Å². The Balaban J connectivity index is 0.00000225. The Hall–Kier alpha value is -1.28. The molecule has 6 heteroatoms. The summed E-state index contributed by atoms with van der Waals surface area (Å²) in [4.78, 5) is 10.5. The molecule has 1 aromatic heterocycles. The van der Waals surface area contributed by atoms with Crippen LogP contribution in [0.2, 0.25) is 0 Å². The van der Waals surface area contributed by atoms with Gasteiger partial charge in [0.2, 0.25) is 0 Å². The lowest BCUT2D eigenvalue weighted by Crippen LogP contribution is -2.39. The molecule has 138 valence electrons. The van der Waals surface area contributed by atoms with E-state index in [-0.39, 0.29) is 24.0 Å². The molecule has 1 atom stereocenters. The minimum atomic E-state index is 0. The van der Waals surface area contributed by atoms with Gasteiger partial charge >= 0.3 is 0 Å². The number of rotatable bonds is 6. The number of fused-ring (bicyclic) bond motifs is 1. The molecule has 2 aromatic rings. The van der Waals surface area contributed by atoms with Gasteiger partial charge in [0.25, 0.3) is 0 Å². The van der Waals surface area contributed by atoms with Crippen LogP contribution in [-0.2, 0) is 6.42 Å². The molecule has 1 fully saturated rings. The van der Waals surface area contributed by atoms with Gasteiger partial charge in [-0.1, -0.05) is 18.2 Å². The number of hydrogen-bond donors (Lipinski definition) is 3. The molecule has 0 spiro atoms. The summed E-state index contributed by atoms with van der Waals surface area (Å²) in [6.45, 7) is 5.95. The Morgan fingerprint density at radius 3 is 2.92 bits per heavy atom. The maximum Gasteiger partial charge on any atom is 0.191 e. The summed E-state index contributed by atoms with van der Waals surface area (Å²) >= 11 is 0. The lowest BCUT2D eigenvalue weighted by Gasteiger charge is -2.18. The molecule has 1 aromatic carbocycles. The number of halogens is 1. The minimum absolute atomic E-state index is 0. The van der Waals surface area contributed by atoms with E-state index in [1.165, 1.54) is 35.9 Å². The molecule has 1 aliphatic rings. The summed E-state index contributed by atoms with van der Waals surface area (Å²) in [5, 5.41) is 8.13. The van der Waals surface area contributed by atoms with Crippen molar-refractivity contribution in [1.82, 2.24) is 20.5 Å². The maximum atomic E-state index is 4.77. The number of likely N-dealkylation sites (N-methyl/N-ethyl adjacent to an activating group) is 1. The number of likely N-dealkylation sites (tertiary alicyclic amines) is 1. The SMILES string of the molecule is CCNC(=NCC1CCCN1C)NCCc1c[nH]c2ccccc12.I. The van der Waals surface area contributed by atoms with Crippen molar-refractivity contribution in [1.29, 1.82) is 0 Å². The van der Waals surface area contributed by atoms with Crippen LogP contribution in [0.3, 0.4) is 0 Å². The van der Waals surface area contributed by atoms with E-state index in [0.717, 1.165) is 32.0 Å². The number of aliphatic imine (C=N–C) groups is 1. The third-order valence-corrected chi connectivity index (χ3v) is 4.84. The van der Waals surface area contributed by atoms with Gasteiger partial charge in [-0.2, -0.15) is 0 Å². The van der Waals surface area contributed by atoms with E-state index in [2.05, 4.69) is 65.0 Å². The molecule has 1 saturated heterocycles. The van der Waals surface area contributed by atoms with Crippen molar-refractivity contribution in [3.05, 3.63) is 36.0 Å². The van der Waals surface area contributed by atoms with Gasteiger partial charge in [-0.05, 0) is 51.4 Å². The van der Waals surface area contributed by atoms with Crippen LogP contribution in [0.25, 0.3) is 10.9 Å². The largest absolute Gasteiger partial charge is 0.361 e. The first-order chi connectivity index (χ1) is 11.8. The highest BCUT2D eigenvalue weighted by atomic mass is 127. The molecule has 2 heterocycles. The highest BCUT2D eigenvalue weighted by Crippen LogP contribution is 2.17. The Bertz CT molecular complexity index is 681. The number of guanidine groups is 1. The maximum absolute atomic E-state index is 4.77. The summed E-state index contributed by atoms with van der Waals surface area (Å²) in [5.41, 5.74) is 2.56. The fourth-order valence-corrected chi connectivity index (χ4v) is 3.40. The van der Waals surface area contributed by atoms with E-state index >= 15 is 0 Å². The standard InChI is InChI=1S/C19H29N5.HI/c1-3-20-19(23-14-16-7-6-12-24(16)2)21-11-10-15-13-22-18-9-5-4-8-17(15)18;/h4-5,8-9,13,16,22H,3,6-7,10-12,14H2,1-2H3,(H2,20,21,23);1H. The molecule has 5 nitrogen and oxygen atoms in total. The van der Waals surface area contributed by atoms with Gasteiger partial charge in [0.15, 0.2) is 5.96 Å². The fraction of sp³-hybridized carbons (Fsp3) is 0.526. The van der Waals surface area contributed by atoms with Crippen LogP contribution in [0, 0.1) is 0 Å². The third-order valence-electron chi connectivity index (χ3n) is 4.84. The highest BCUT2D eigenvalue weighted by molar-refractivity contribution is 14.0. The molecule has 1 aliphatic heterocycles. The second kappa shape index (κ2) is 10.0. The number of H-pyrrole nitrogens is 1. The van der Waals surface area contributed by atoms with Crippen molar-refractivity contribution >= 4 is 40.8 Å². The monoisotopic (exact) mass is 455 g/mol. The van der Waals surface area contributed by atoms with Crippen LogP contribution < -0.4 is 10.6 Å². The molecule has 3 N–H and O–H groups in total. The van der Waals surface area contributed by atoms with Gasteiger partial charge in [0.1, 0.15) is 0 Å². The smallest absolute Gasteiger partial charge is 0.191 e. The van der Waals surface area contributed by atoms with Crippen molar-refractivity contribution < 1.29 is 0 Å². The lowest BCUT2D eigenvalue weighted by molar-refractivity contribution is 0.317. The fourth-order valence-electron chi connectivity index (χ4n) is 3.40. The van der Waals surface area contributed by atoms with Crippen LogP contribution in [0.5, 0.6) is 0 Å². The van der Waals surface area contributed by atoms with E-state index in [9.17, 15) is 0 Å². The zero-order chi connectivity index (χ0) is 16.8. The second-order valence-electron chi connectivity index (χ2n) is 6.53. The number of nitrogens with zero attached hydrogens (tertiary/aromatic N) is 2. The van der Waals surface area contributed by atoms with Gasteiger partial charge < -0.3 is 20.5 Å². The minimum Gasteiger partial charge on any atom is -0.361 e. The quantitative estimate of drug-likeness (QED) is 0.357. The van der Waals surface area contributed by atoms with Gasteiger partial charge in [-0.3, -0.25) is 4.99 Å². The third kappa shape index (κ3) is 5.34. The average Bonchev–Trinajstić information content (AvgIpc) is 3.19. The van der Waals surface area contributed by atoms with Crippen molar-refractivity contribution in [2.45, 2.75) is 32.2 Å². The van der Waals surface area contributed by atoms with E-state index in [0.29, 0.717) is 6.04 Å². The summed E-state index contributed by atoms with van der Waals surface area (Å²) in [7, 11) is 2.20. The lowest BCUT2D eigenvalue weighted by atomic mass is 10.1. The van der Waals surface area contributed by atoms with E-state index in [4.69, 9.17) is 4.99 Å². The first-order valence-electron chi connectivity index (χ1n) is 9.05. The van der Waals surface area contributed by atoms with Crippen LogP contribution in [-0.4, -0.2) is 55.1 Å². The zero-order valence-electron chi connectivity index (χ0n) is 15.2. The first-order valence-corrected chi connectivity index (χ1v) is 9.05. The molecular formula is C19H30IN5. The Morgan fingerprint density at radius 2 is 2.16 bits per heavy atom. The summed E-state index contributed by atoms with van der Waals surface area (Å²) in [6.07, 6.45) is 5.65. The van der Waals surface area contributed by atoms with Crippen molar-refractivity contribution in [2.24, 2.45) is 4.99 Å². The predicted octanol–water partition coefficient (Wildman–Crippen LogP) is 2.98. The molecule has 3 rings (SSSR count). The highest BCUT2D eigenvalue weighted by Gasteiger charge is 2.20. The van der Waals surface area contributed by atoms with Crippen molar-refractivity contribution in [2.75, 3.05) is 33.2 Å². The topological polar surface area (TPSA) is 55.5 Å². The number of benzene rings is 1. The van der Waals surface area contributed by atoms with Crippen LogP contribution >= 0.6 is 24.0 Å². The predicted molar refractivity (Wildman–Crippen MR) is 117 cm³/mol. The van der Waals surface area contributed by atoms with Crippen LogP contribution in [0.1, 0.15) is 25.3 Å². The molecular weight excluding hydrogens is 425 g/mol. The van der Waals surface area contributed by atoms with Gasteiger partial charge in [0.05, 0.1) is 6.54 Å². The molecule has 0 bridgehead atoms. The number of aromatic nitrogens is 1. The number of nitrogens with one attached hydrogen (secondary N) is 3. The number of aromatic amines is 1. The average molecular weight is 455 g/mol. The van der Waals surface area contributed by atoms with E-state index < -0.39 is 0 Å².